The van der Waals surface area contributed by atoms with E-state index in [0.29, 0.717) is 16.5 Å². The Labute approximate surface area is 135 Å². The second-order valence-corrected chi connectivity index (χ2v) is 7.85. The topological polar surface area (TPSA) is 92.9 Å². The number of carbonyl (C=O) groups excluding carboxylic acids is 1. The first-order valence-electron chi connectivity index (χ1n) is 6.21. The van der Waals surface area contributed by atoms with Gasteiger partial charge in [0.25, 0.3) is 5.91 Å². The molecule has 0 aliphatic rings. The van der Waals surface area contributed by atoms with Crippen molar-refractivity contribution < 1.29 is 4.79 Å². The summed E-state index contributed by atoms with van der Waals surface area (Å²) >= 11 is 4.66. The molecule has 0 aliphatic heterocycles. The minimum absolute atomic E-state index is 0.188. The summed E-state index contributed by atoms with van der Waals surface area (Å²) < 4.78 is 0.854. The Morgan fingerprint density at radius 3 is 2.62 bits per heavy atom. The standard InChI is InChI=1S/C13H16BrN5OS/c1-13(2,3)8-4-7(5-10(17-8)19-15)11(20)18-12-16-6-9(14)21-12/h4-6H,15H2,1-3H3,(H,17,19)(H,16,18,20). The predicted octanol–water partition coefficient (Wildman–Crippen LogP) is 3.14. The van der Waals surface area contributed by atoms with Gasteiger partial charge in [0.1, 0.15) is 5.82 Å². The molecule has 0 saturated carbocycles. The van der Waals surface area contributed by atoms with Crippen molar-refractivity contribution >= 4 is 44.1 Å². The Morgan fingerprint density at radius 1 is 1.38 bits per heavy atom. The van der Waals surface area contributed by atoms with Gasteiger partial charge in [0.15, 0.2) is 5.13 Å². The van der Waals surface area contributed by atoms with E-state index >= 15 is 0 Å². The number of carbonyl (C=O) groups is 1. The molecule has 1 amide bonds. The molecular weight excluding hydrogens is 354 g/mol. The number of hydrogen-bond donors (Lipinski definition) is 3. The highest BCUT2D eigenvalue weighted by Crippen LogP contribution is 2.26. The highest BCUT2D eigenvalue weighted by molar-refractivity contribution is 9.11. The van der Waals surface area contributed by atoms with E-state index in [0.717, 1.165) is 9.48 Å². The summed E-state index contributed by atoms with van der Waals surface area (Å²) in [5.41, 5.74) is 3.56. The Hall–Kier alpha value is -1.51. The van der Waals surface area contributed by atoms with Crippen LogP contribution in [0.3, 0.4) is 0 Å². The maximum Gasteiger partial charge on any atom is 0.257 e. The fraction of sp³-hybridized carbons (Fsp3) is 0.308. The van der Waals surface area contributed by atoms with Crippen LogP contribution in [0.25, 0.3) is 0 Å². The average Bonchev–Trinajstić information content (AvgIpc) is 2.82. The highest BCUT2D eigenvalue weighted by Gasteiger charge is 2.19. The second kappa shape index (κ2) is 6.08. The molecule has 0 aromatic carbocycles. The van der Waals surface area contributed by atoms with Gasteiger partial charge in [-0.15, -0.1) is 0 Å². The Kier molecular flexibility index (Phi) is 4.60. The van der Waals surface area contributed by atoms with Crippen molar-refractivity contribution in [1.82, 2.24) is 9.97 Å². The van der Waals surface area contributed by atoms with E-state index in [1.165, 1.54) is 11.3 Å². The SMILES string of the molecule is CC(C)(C)c1cc(C(=O)Nc2ncc(Br)s2)cc(NN)n1. The van der Waals surface area contributed by atoms with E-state index in [4.69, 9.17) is 5.84 Å². The molecule has 0 saturated heterocycles. The zero-order valence-corrected chi connectivity index (χ0v) is 14.3. The molecule has 0 fully saturated rings. The monoisotopic (exact) mass is 369 g/mol. The van der Waals surface area contributed by atoms with Crippen molar-refractivity contribution in [2.45, 2.75) is 26.2 Å². The molecule has 0 unspecified atom stereocenters. The number of nitrogens with two attached hydrogens (primary N) is 1. The zero-order chi connectivity index (χ0) is 15.6. The molecule has 8 heteroatoms. The fourth-order valence-electron chi connectivity index (χ4n) is 1.60. The molecular formula is C13H16BrN5OS. The van der Waals surface area contributed by atoms with Crippen LogP contribution in [0.15, 0.2) is 22.1 Å². The van der Waals surface area contributed by atoms with E-state index < -0.39 is 0 Å². The van der Waals surface area contributed by atoms with Crippen LogP contribution in [0.4, 0.5) is 10.9 Å². The van der Waals surface area contributed by atoms with Gasteiger partial charge in [0.2, 0.25) is 0 Å². The number of hydrazine groups is 1. The van der Waals surface area contributed by atoms with Gasteiger partial charge in [-0.1, -0.05) is 32.1 Å². The van der Waals surface area contributed by atoms with Gasteiger partial charge in [0, 0.05) is 16.7 Å². The molecule has 2 heterocycles. The number of halogens is 1. The summed E-state index contributed by atoms with van der Waals surface area (Å²) in [5, 5.41) is 3.28. The smallest absolute Gasteiger partial charge is 0.257 e. The van der Waals surface area contributed by atoms with E-state index in [-0.39, 0.29) is 11.3 Å². The lowest BCUT2D eigenvalue weighted by atomic mass is 9.90. The van der Waals surface area contributed by atoms with Gasteiger partial charge in [-0.25, -0.2) is 15.8 Å². The van der Waals surface area contributed by atoms with Crippen LogP contribution in [0.5, 0.6) is 0 Å². The number of anilines is 2. The van der Waals surface area contributed by atoms with Crippen LogP contribution in [-0.4, -0.2) is 15.9 Å². The first kappa shape index (κ1) is 15.9. The van der Waals surface area contributed by atoms with Crippen molar-refractivity contribution in [3.8, 4) is 0 Å². The number of pyridine rings is 1. The van der Waals surface area contributed by atoms with Gasteiger partial charge in [0.05, 0.1) is 9.98 Å². The molecule has 0 spiro atoms. The summed E-state index contributed by atoms with van der Waals surface area (Å²) in [5.74, 6) is 5.63. The number of nitrogen functional groups attached to an aromatic ring is 1. The van der Waals surface area contributed by atoms with E-state index in [1.807, 2.05) is 20.8 Å². The molecule has 112 valence electrons. The maximum absolute atomic E-state index is 12.3. The molecule has 6 nitrogen and oxygen atoms in total. The van der Waals surface area contributed by atoms with Crippen molar-refractivity contribution in [3.05, 3.63) is 33.4 Å². The first-order chi connectivity index (χ1) is 9.79. The lowest BCUT2D eigenvalue weighted by molar-refractivity contribution is 0.102. The molecule has 0 atom stereocenters. The molecule has 0 radical (unpaired) electrons. The lowest BCUT2D eigenvalue weighted by Gasteiger charge is -2.19. The van der Waals surface area contributed by atoms with Gasteiger partial charge < -0.3 is 5.43 Å². The van der Waals surface area contributed by atoms with E-state index in [1.54, 1.807) is 18.3 Å². The average molecular weight is 370 g/mol. The van der Waals surface area contributed by atoms with Crippen molar-refractivity contribution in [1.29, 1.82) is 0 Å². The van der Waals surface area contributed by atoms with Crippen LogP contribution in [0, 0.1) is 0 Å². The number of hydrogen-bond acceptors (Lipinski definition) is 6. The van der Waals surface area contributed by atoms with Crippen LogP contribution in [0.1, 0.15) is 36.8 Å². The fourth-order valence-corrected chi connectivity index (χ4v) is 2.70. The Morgan fingerprint density at radius 2 is 2.10 bits per heavy atom. The number of thiazole rings is 1. The van der Waals surface area contributed by atoms with Crippen molar-refractivity contribution in [3.63, 3.8) is 0 Å². The first-order valence-corrected chi connectivity index (χ1v) is 7.82. The highest BCUT2D eigenvalue weighted by atomic mass is 79.9. The number of rotatable bonds is 3. The third-order valence-corrected chi connectivity index (χ3v) is 4.09. The quantitative estimate of drug-likeness (QED) is 0.570. The second-order valence-electron chi connectivity index (χ2n) is 5.44. The predicted molar refractivity (Wildman–Crippen MR) is 88.5 cm³/mol. The molecule has 2 aromatic heterocycles. The molecule has 0 bridgehead atoms. The zero-order valence-electron chi connectivity index (χ0n) is 11.9. The largest absolute Gasteiger partial charge is 0.308 e. The lowest BCUT2D eigenvalue weighted by Crippen LogP contribution is -2.20. The van der Waals surface area contributed by atoms with Gasteiger partial charge >= 0.3 is 0 Å². The van der Waals surface area contributed by atoms with Crippen LogP contribution >= 0.6 is 27.3 Å². The van der Waals surface area contributed by atoms with Crippen LogP contribution in [-0.2, 0) is 5.41 Å². The normalized spacial score (nSPS) is 11.3. The number of aromatic nitrogens is 2. The Bertz CT molecular complexity index is 665. The number of nitrogens with one attached hydrogen (secondary N) is 2. The summed E-state index contributed by atoms with van der Waals surface area (Å²) in [6, 6.07) is 3.37. The number of nitrogens with zero attached hydrogens (tertiary/aromatic N) is 2. The van der Waals surface area contributed by atoms with Crippen molar-refractivity contribution in [2.24, 2.45) is 5.84 Å². The third-order valence-electron chi connectivity index (χ3n) is 2.70. The van der Waals surface area contributed by atoms with Gasteiger partial charge in [-0.2, -0.15) is 0 Å². The molecule has 4 N–H and O–H groups in total. The number of amides is 1. The van der Waals surface area contributed by atoms with Gasteiger partial charge in [-0.3, -0.25) is 10.1 Å². The summed E-state index contributed by atoms with van der Waals surface area (Å²) in [7, 11) is 0. The summed E-state index contributed by atoms with van der Waals surface area (Å²) in [6.07, 6.45) is 1.64. The third kappa shape index (κ3) is 3.99. The summed E-state index contributed by atoms with van der Waals surface area (Å²) in [4.78, 5) is 20.8. The van der Waals surface area contributed by atoms with Crippen LogP contribution < -0.4 is 16.6 Å². The summed E-state index contributed by atoms with van der Waals surface area (Å²) in [6.45, 7) is 6.07. The van der Waals surface area contributed by atoms with Gasteiger partial charge in [-0.05, 0) is 28.1 Å². The Balaban J connectivity index is 2.31. The molecule has 0 aliphatic carbocycles. The minimum atomic E-state index is -0.249. The maximum atomic E-state index is 12.3. The minimum Gasteiger partial charge on any atom is -0.308 e. The molecule has 2 aromatic rings. The van der Waals surface area contributed by atoms with E-state index in [2.05, 4.69) is 36.6 Å². The van der Waals surface area contributed by atoms with Crippen LogP contribution in [0.2, 0.25) is 0 Å². The molecule has 21 heavy (non-hydrogen) atoms. The molecule has 2 rings (SSSR count). The van der Waals surface area contributed by atoms with Crippen molar-refractivity contribution in [2.75, 3.05) is 10.7 Å². The van der Waals surface area contributed by atoms with E-state index in [9.17, 15) is 4.79 Å².